The van der Waals surface area contributed by atoms with Crippen LogP contribution in [0.1, 0.15) is 44.7 Å². The van der Waals surface area contributed by atoms with Gasteiger partial charge in [0.05, 0.1) is 12.3 Å². The van der Waals surface area contributed by atoms with Crippen LogP contribution >= 0.6 is 0 Å². The van der Waals surface area contributed by atoms with E-state index in [1.807, 2.05) is 32.0 Å². The van der Waals surface area contributed by atoms with Crippen LogP contribution < -0.4 is 5.32 Å². The van der Waals surface area contributed by atoms with Crippen molar-refractivity contribution in [3.05, 3.63) is 29.3 Å². The van der Waals surface area contributed by atoms with E-state index in [2.05, 4.69) is 31.0 Å². The van der Waals surface area contributed by atoms with Gasteiger partial charge in [-0.1, -0.05) is 39.0 Å². The first-order chi connectivity index (χ1) is 11.5. The minimum absolute atomic E-state index is 0.0426. The quantitative estimate of drug-likeness (QED) is 0.718. The first-order valence-electron chi connectivity index (χ1n) is 8.58. The molecule has 0 bridgehead atoms. The lowest BCUT2D eigenvalue weighted by molar-refractivity contribution is -0.121. The van der Waals surface area contributed by atoms with Crippen molar-refractivity contribution in [1.82, 2.24) is 4.90 Å². The maximum absolute atomic E-state index is 12.6. The molecule has 0 radical (unpaired) electrons. The molecule has 144 valence electrons. The third-order valence-corrected chi connectivity index (χ3v) is 3.78. The summed E-state index contributed by atoms with van der Waals surface area (Å²) in [6.07, 6.45) is 2.62. The molecule has 1 aromatic carbocycles. The molecule has 1 amide bonds. The Bertz CT molecular complexity index is 616. The lowest BCUT2D eigenvalue weighted by atomic mass is 10.1. The van der Waals surface area contributed by atoms with Crippen molar-refractivity contribution in [3.63, 3.8) is 0 Å². The number of benzene rings is 1. The Morgan fingerprint density at radius 3 is 2.04 bits per heavy atom. The first kappa shape index (κ1) is 23.6. The van der Waals surface area contributed by atoms with Crippen LogP contribution in [-0.4, -0.2) is 49.2 Å². The SMILES string of the molecule is CCCN(CC)[C@H](CC)C(=O)Nc1c(C)cccc1C.CS(=O)(=O)O. The molecule has 2 N–H and O–H groups in total. The van der Waals surface area contributed by atoms with Gasteiger partial charge in [0.2, 0.25) is 5.91 Å². The van der Waals surface area contributed by atoms with Gasteiger partial charge in [0.15, 0.2) is 0 Å². The second kappa shape index (κ2) is 11.2. The highest BCUT2D eigenvalue weighted by atomic mass is 32.2. The van der Waals surface area contributed by atoms with Crippen LogP contribution in [0.5, 0.6) is 0 Å². The zero-order chi connectivity index (χ0) is 19.6. The summed E-state index contributed by atoms with van der Waals surface area (Å²) in [6.45, 7) is 12.3. The Morgan fingerprint density at radius 1 is 1.20 bits per heavy atom. The molecule has 0 fully saturated rings. The Morgan fingerprint density at radius 2 is 1.68 bits per heavy atom. The Kier molecular flexibility index (Phi) is 10.6. The van der Waals surface area contributed by atoms with Crippen molar-refractivity contribution < 1.29 is 17.8 Å². The van der Waals surface area contributed by atoms with E-state index in [1.54, 1.807) is 0 Å². The van der Waals surface area contributed by atoms with Gasteiger partial charge in [0, 0.05) is 5.69 Å². The van der Waals surface area contributed by atoms with Gasteiger partial charge < -0.3 is 5.32 Å². The standard InChI is InChI=1S/C17H28N2O.CH4O3S/c1-6-12-19(8-3)15(7-2)17(20)18-16-13(4)10-9-11-14(16)5;1-5(2,3)4/h9-11,15H,6-8,12H2,1-5H3,(H,18,20);1H3,(H,2,3,4)/t15-;/m1./s1. The number of hydrogen-bond acceptors (Lipinski definition) is 4. The maximum Gasteiger partial charge on any atom is 0.261 e. The van der Waals surface area contributed by atoms with E-state index in [4.69, 9.17) is 4.55 Å². The summed E-state index contributed by atoms with van der Waals surface area (Å²) in [4.78, 5) is 14.8. The van der Waals surface area contributed by atoms with Gasteiger partial charge in [-0.2, -0.15) is 8.42 Å². The second-order valence-electron chi connectivity index (χ2n) is 6.04. The molecule has 0 saturated carbocycles. The van der Waals surface area contributed by atoms with Crippen LogP contribution in [0.2, 0.25) is 0 Å². The maximum atomic E-state index is 12.6. The number of carbonyl (C=O) groups excluding carboxylic acids is 1. The molecule has 7 heteroatoms. The molecule has 1 rings (SSSR count). The molecular formula is C18H32N2O4S. The zero-order valence-electron chi connectivity index (χ0n) is 16.2. The topological polar surface area (TPSA) is 86.7 Å². The van der Waals surface area contributed by atoms with Crippen molar-refractivity contribution in [3.8, 4) is 0 Å². The molecule has 0 spiro atoms. The van der Waals surface area contributed by atoms with Crippen molar-refractivity contribution in [1.29, 1.82) is 0 Å². The molecule has 0 saturated heterocycles. The lowest BCUT2D eigenvalue weighted by Gasteiger charge is -2.29. The van der Waals surface area contributed by atoms with Crippen molar-refractivity contribution >= 4 is 21.7 Å². The van der Waals surface area contributed by atoms with Crippen LogP contribution in [0.3, 0.4) is 0 Å². The summed E-state index contributed by atoms with van der Waals surface area (Å²) in [5, 5.41) is 3.12. The predicted molar refractivity (Wildman–Crippen MR) is 104 cm³/mol. The molecule has 6 nitrogen and oxygen atoms in total. The molecule has 0 aromatic heterocycles. The van der Waals surface area contributed by atoms with Gasteiger partial charge in [-0.3, -0.25) is 14.2 Å². The number of nitrogens with one attached hydrogen (secondary N) is 1. The van der Waals surface area contributed by atoms with E-state index in [-0.39, 0.29) is 11.9 Å². The summed E-state index contributed by atoms with van der Waals surface area (Å²) in [7, 11) is -3.67. The van der Waals surface area contributed by atoms with Gasteiger partial charge >= 0.3 is 0 Å². The second-order valence-corrected chi connectivity index (χ2v) is 7.51. The van der Waals surface area contributed by atoms with E-state index in [9.17, 15) is 13.2 Å². The average Bonchev–Trinajstić information content (AvgIpc) is 2.49. The number of rotatable bonds is 7. The van der Waals surface area contributed by atoms with E-state index in [0.717, 1.165) is 42.7 Å². The smallest absolute Gasteiger partial charge is 0.261 e. The predicted octanol–water partition coefficient (Wildman–Crippen LogP) is 3.26. The van der Waals surface area contributed by atoms with Gasteiger partial charge in [-0.25, -0.2) is 0 Å². The molecule has 0 aliphatic rings. The molecular weight excluding hydrogens is 340 g/mol. The van der Waals surface area contributed by atoms with Gasteiger partial charge in [0.25, 0.3) is 10.1 Å². The van der Waals surface area contributed by atoms with Gasteiger partial charge in [-0.05, 0) is 50.9 Å². The molecule has 1 aromatic rings. The van der Waals surface area contributed by atoms with Crippen molar-refractivity contribution in [2.24, 2.45) is 0 Å². The number of para-hydroxylation sites is 1. The zero-order valence-corrected chi connectivity index (χ0v) is 17.0. The number of hydrogen-bond donors (Lipinski definition) is 2. The van der Waals surface area contributed by atoms with E-state index in [1.165, 1.54) is 0 Å². The number of likely N-dealkylation sites (N-methyl/N-ethyl adjacent to an activating group) is 1. The van der Waals surface area contributed by atoms with E-state index >= 15 is 0 Å². The molecule has 1 atom stereocenters. The number of nitrogens with zero attached hydrogens (tertiary/aromatic N) is 1. The largest absolute Gasteiger partial charge is 0.324 e. The summed E-state index contributed by atoms with van der Waals surface area (Å²) in [5.74, 6) is 0.111. The van der Waals surface area contributed by atoms with Crippen LogP contribution in [0.15, 0.2) is 18.2 Å². The molecule has 25 heavy (non-hydrogen) atoms. The molecule has 0 unspecified atom stereocenters. The fourth-order valence-corrected chi connectivity index (χ4v) is 2.65. The molecule has 0 heterocycles. The summed E-state index contributed by atoms with van der Waals surface area (Å²) < 4.78 is 25.9. The number of anilines is 1. The fraction of sp³-hybridized carbons (Fsp3) is 0.611. The third-order valence-electron chi connectivity index (χ3n) is 3.78. The van der Waals surface area contributed by atoms with Crippen LogP contribution in [-0.2, 0) is 14.9 Å². The van der Waals surface area contributed by atoms with Crippen LogP contribution in [0, 0.1) is 13.8 Å². The minimum Gasteiger partial charge on any atom is -0.324 e. The highest BCUT2D eigenvalue weighted by Crippen LogP contribution is 2.20. The van der Waals surface area contributed by atoms with Crippen molar-refractivity contribution in [2.45, 2.75) is 53.5 Å². The molecule has 0 aliphatic heterocycles. The van der Waals surface area contributed by atoms with Crippen LogP contribution in [0.25, 0.3) is 0 Å². The summed E-state index contributed by atoms with van der Waals surface area (Å²) in [5.41, 5.74) is 3.20. The monoisotopic (exact) mass is 372 g/mol. The van der Waals surface area contributed by atoms with E-state index < -0.39 is 10.1 Å². The van der Waals surface area contributed by atoms with Crippen LogP contribution in [0.4, 0.5) is 5.69 Å². The van der Waals surface area contributed by atoms with Crippen molar-refractivity contribution in [2.75, 3.05) is 24.7 Å². The normalized spacial score (nSPS) is 12.3. The van der Waals surface area contributed by atoms with E-state index in [0.29, 0.717) is 6.26 Å². The fourth-order valence-electron chi connectivity index (χ4n) is 2.65. The average molecular weight is 373 g/mol. The Labute approximate surface area is 152 Å². The Hall–Kier alpha value is -1.44. The molecule has 0 aliphatic carbocycles. The number of amides is 1. The van der Waals surface area contributed by atoms with Gasteiger partial charge in [-0.15, -0.1) is 0 Å². The number of carbonyl (C=O) groups is 1. The summed E-state index contributed by atoms with van der Waals surface area (Å²) in [6, 6.07) is 6.05. The third kappa shape index (κ3) is 9.57. The highest BCUT2D eigenvalue weighted by Gasteiger charge is 2.23. The highest BCUT2D eigenvalue weighted by molar-refractivity contribution is 7.85. The minimum atomic E-state index is -3.67. The Balaban J connectivity index is 0.00000101. The number of aryl methyl sites for hydroxylation is 2. The van der Waals surface area contributed by atoms with Gasteiger partial charge in [0.1, 0.15) is 0 Å². The summed E-state index contributed by atoms with van der Waals surface area (Å²) >= 11 is 0. The lowest BCUT2D eigenvalue weighted by Crippen LogP contribution is -2.44. The first-order valence-corrected chi connectivity index (χ1v) is 10.4.